The molecule has 176 valence electrons. The molecule has 1 aromatic carbocycles. The zero-order chi connectivity index (χ0) is 22.2. The molecule has 0 amide bonds. The van der Waals surface area contributed by atoms with E-state index in [0.29, 0.717) is 6.61 Å². The van der Waals surface area contributed by atoms with Gasteiger partial charge in [-0.15, -0.1) is 12.4 Å². The van der Waals surface area contributed by atoms with Crippen LogP contribution in [0.2, 0.25) is 0 Å². The van der Waals surface area contributed by atoms with Crippen molar-refractivity contribution in [1.82, 2.24) is 4.90 Å². The van der Waals surface area contributed by atoms with E-state index in [4.69, 9.17) is 14.6 Å². The smallest absolute Gasteiger partial charge is 0.315 e. The molecule has 2 N–H and O–H groups in total. The van der Waals surface area contributed by atoms with Gasteiger partial charge in [-0.1, -0.05) is 11.6 Å². The van der Waals surface area contributed by atoms with E-state index in [-0.39, 0.29) is 42.7 Å². The summed E-state index contributed by atoms with van der Waals surface area (Å²) in [6.45, 7) is 6.18. The number of allylic oxidation sites excluding steroid dienone is 1. The molecular formula is C24H33ClN2O5. The number of carbonyl (C=O) groups is 1. The third kappa shape index (κ3) is 2.25. The number of aromatic hydroxyl groups is 1. The van der Waals surface area contributed by atoms with Crippen LogP contribution < -0.4 is 4.90 Å². The first kappa shape index (κ1) is 23.4. The average Bonchev–Trinajstić information content (AvgIpc) is 3.14. The van der Waals surface area contributed by atoms with Crippen molar-refractivity contribution in [1.29, 1.82) is 0 Å². The highest BCUT2D eigenvalue weighted by molar-refractivity contribution is 5.87. The van der Waals surface area contributed by atoms with Gasteiger partial charge in [0, 0.05) is 38.3 Å². The third-order valence-corrected chi connectivity index (χ3v) is 8.67. The number of fused-ring (bicyclic) bond motifs is 3. The summed E-state index contributed by atoms with van der Waals surface area (Å²) in [7, 11) is 3.58. The summed E-state index contributed by atoms with van der Waals surface area (Å²) in [6.07, 6.45) is 3.92. The topological polar surface area (TPSA) is 82.5 Å². The number of benzene rings is 1. The Morgan fingerprint density at radius 2 is 2.12 bits per heavy atom. The number of nitrogens with zero attached hydrogens (tertiary/aromatic N) is 2. The van der Waals surface area contributed by atoms with Gasteiger partial charge in [-0.2, -0.15) is 0 Å². The largest absolute Gasteiger partial charge is 0.508 e. The number of carbonyl (C=O) groups excluding carboxylic acids is 1. The molecule has 1 aromatic rings. The van der Waals surface area contributed by atoms with Crippen molar-refractivity contribution in [2.45, 2.75) is 43.9 Å². The van der Waals surface area contributed by atoms with Gasteiger partial charge in [0.05, 0.1) is 25.2 Å². The predicted molar refractivity (Wildman–Crippen MR) is 123 cm³/mol. The van der Waals surface area contributed by atoms with Crippen LogP contribution in [0.25, 0.3) is 0 Å². The molecule has 0 unspecified atom stereocenters. The molecule has 0 aromatic heterocycles. The Balaban J connectivity index is 0.000000582. The Bertz CT molecular complexity index is 970. The van der Waals surface area contributed by atoms with E-state index in [9.17, 15) is 9.90 Å². The molecule has 4 aliphatic heterocycles. The molecule has 4 fully saturated rings. The number of hydrogen-bond donors (Lipinski definition) is 2. The number of methoxy groups -OCH3 is 1. The summed E-state index contributed by atoms with van der Waals surface area (Å²) < 4.78 is 12.2. The van der Waals surface area contributed by atoms with E-state index in [2.05, 4.69) is 29.8 Å². The van der Waals surface area contributed by atoms with Crippen LogP contribution in [0.15, 0.2) is 29.8 Å². The van der Waals surface area contributed by atoms with Gasteiger partial charge in [0.25, 0.3) is 0 Å². The number of esters is 1. The van der Waals surface area contributed by atoms with Crippen LogP contribution in [-0.4, -0.2) is 73.3 Å². The molecule has 0 radical (unpaired) electrons. The fraction of sp³-hybridized carbons (Fsp3) is 0.625. The Kier molecular flexibility index (Phi) is 5.56. The van der Waals surface area contributed by atoms with Crippen LogP contribution in [-0.2, 0) is 19.7 Å². The number of piperidine rings is 2. The van der Waals surface area contributed by atoms with Crippen LogP contribution in [0.4, 0.5) is 5.69 Å². The molecular weight excluding hydrogens is 432 g/mol. The minimum Gasteiger partial charge on any atom is -0.508 e. The number of ether oxygens (including phenoxy) is 2. The summed E-state index contributed by atoms with van der Waals surface area (Å²) >= 11 is 0. The van der Waals surface area contributed by atoms with Crippen molar-refractivity contribution in [2.24, 2.45) is 11.3 Å². The first-order valence-corrected chi connectivity index (χ1v) is 11.2. The first-order chi connectivity index (χ1) is 14.9. The van der Waals surface area contributed by atoms with E-state index in [1.54, 1.807) is 13.0 Å². The molecule has 8 heteroatoms. The minimum absolute atomic E-state index is 0. The Hall–Kier alpha value is -1.80. The summed E-state index contributed by atoms with van der Waals surface area (Å²) in [6, 6.07) is 5.79. The van der Waals surface area contributed by atoms with Crippen LogP contribution in [0.5, 0.6) is 5.75 Å². The normalized spacial score (nSPS) is 39.0. The Morgan fingerprint density at radius 3 is 2.78 bits per heavy atom. The van der Waals surface area contributed by atoms with Crippen molar-refractivity contribution < 1.29 is 24.5 Å². The molecule has 5 aliphatic rings. The fourth-order valence-electron chi connectivity index (χ4n) is 7.78. The van der Waals surface area contributed by atoms with Gasteiger partial charge >= 0.3 is 5.97 Å². The van der Waals surface area contributed by atoms with Crippen molar-refractivity contribution >= 4 is 24.1 Å². The second-order valence-electron chi connectivity index (χ2n) is 9.32. The maximum atomic E-state index is 13.6. The second-order valence-corrected chi connectivity index (χ2v) is 9.32. The first-order valence-electron chi connectivity index (χ1n) is 11.2. The van der Waals surface area contributed by atoms with E-state index >= 15 is 0 Å². The minimum atomic E-state index is -0.764. The van der Waals surface area contributed by atoms with Crippen molar-refractivity contribution in [2.75, 3.05) is 45.4 Å². The molecule has 1 saturated carbocycles. The van der Waals surface area contributed by atoms with Gasteiger partial charge in [0.15, 0.2) is 5.72 Å². The molecule has 7 nitrogen and oxygen atoms in total. The Labute approximate surface area is 195 Å². The Morgan fingerprint density at radius 1 is 1.41 bits per heavy atom. The molecule has 5 atom stereocenters. The van der Waals surface area contributed by atoms with Gasteiger partial charge < -0.3 is 24.6 Å². The van der Waals surface area contributed by atoms with Crippen LogP contribution >= 0.6 is 12.4 Å². The molecule has 32 heavy (non-hydrogen) atoms. The highest BCUT2D eigenvalue weighted by Gasteiger charge is 2.86. The lowest BCUT2D eigenvalue weighted by molar-refractivity contribution is -0.184. The summed E-state index contributed by atoms with van der Waals surface area (Å²) in [5.74, 6) is 0.170. The van der Waals surface area contributed by atoms with Crippen LogP contribution in [0.3, 0.4) is 0 Å². The lowest BCUT2D eigenvalue weighted by Crippen LogP contribution is -2.80. The number of phenols is 1. The zero-order valence-corrected chi connectivity index (χ0v) is 19.9. The summed E-state index contributed by atoms with van der Waals surface area (Å²) in [4.78, 5) is 18.4. The van der Waals surface area contributed by atoms with Gasteiger partial charge in [-0.25, -0.2) is 0 Å². The average molecular weight is 465 g/mol. The predicted octanol–water partition coefficient (Wildman–Crippen LogP) is 2.44. The fourth-order valence-corrected chi connectivity index (χ4v) is 7.78. The number of aliphatic hydroxyl groups excluding tert-OH is 1. The van der Waals surface area contributed by atoms with E-state index in [1.807, 2.05) is 12.1 Å². The number of hydrogen-bond acceptors (Lipinski definition) is 7. The molecule has 3 saturated heterocycles. The summed E-state index contributed by atoms with van der Waals surface area (Å²) in [5, 5.41) is 17.9. The van der Waals surface area contributed by atoms with Gasteiger partial charge in [0.1, 0.15) is 11.2 Å². The van der Waals surface area contributed by atoms with Crippen LogP contribution in [0.1, 0.15) is 32.3 Å². The summed E-state index contributed by atoms with van der Waals surface area (Å²) in [5.41, 5.74) is 1.54. The highest BCUT2D eigenvalue weighted by Crippen LogP contribution is 2.76. The maximum Gasteiger partial charge on any atom is 0.315 e. The zero-order valence-electron chi connectivity index (χ0n) is 19.1. The van der Waals surface area contributed by atoms with E-state index < -0.39 is 16.6 Å². The lowest BCUT2D eigenvalue weighted by Gasteiger charge is -2.66. The number of halogens is 1. The molecule has 4 heterocycles. The van der Waals surface area contributed by atoms with Gasteiger partial charge in [-0.05, 0) is 50.5 Å². The second kappa shape index (κ2) is 7.62. The van der Waals surface area contributed by atoms with E-state index in [1.165, 1.54) is 12.7 Å². The SMILES string of the molecule is C/C=C1/CN2CC[C@@]34c5cc(O)ccc5N(C)[C@]35OC[C@@]4(C(=O)OC)[C@H]1C[C@H]25.CCO.Cl. The number of rotatable bonds is 1. The number of phenolic OH excluding ortho intramolecular Hbond substituents is 1. The molecule has 0 spiro atoms. The van der Waals surface area contributed by atoms with E-state index in [0.717, 1.165) is 37.2 Å². The maximum absolute atomic E-state index is 13.6. The number of anilines is 1. The van der Waals surface area contributed by atoms with Gasteiger partial charge in [0.2, 0.25) is 0 Å². The monoisotopic (exact) mass is 464 g/mol. The quantitative estimate of drug-likeness (QED) is 0.488. The molecule has 5 bridgehead atoms. The highest BCUT2D eigenvalue weighted by atomic mass is 35.5. The lowest BCUT2D eigenvalue weighted by atomic mass is 9.43. The van der Waals surface area contributed by atoms with Gasteiger partial charge in [-0.3, -0.25) is 9.69 Å². The van der Waals surface area contributed by atoms with Crippen molar-refractivity contribution in [3.05, 3.63) is 35.4 Å². The van der Waals surface area contributed by atoms with Crippen molar-refractivity contribution in [3.8, 4) is 5.75 Å². The van der Waals surface area contributed by atoms with Crippen LogP contribution in [0, 0.1) is 11.3 Å². The molecule has 6 rings (SSSR count). The number of likely N-dealkylation sites (N-methyl/N-ethyl adjacent to an activating group) is 1. The number of aliphatic hydroxyl groups is 1. The molecule has 1 aliphatic carbocycles. The standard InChI is InChI=1S/C22H26N2O4.C2H6O.ClH/c1-4-13-11-24-8-7-21-16-9-14(25)5-6-17(16)23(2)22(21)18(24)10-15(13)20(21,12-28-22)19(26)27-3;1-2-3;/h4-6,9,15,18,25H,7-8,10-12H2,1-3H3;3H,2H2,1H3;1H/b13-4-;;/t15-,18-,20-,21-,22+;;/m0../s1. The van der Waals surface area contributed by atoms with Crippen molar-refractivity contribution in [3.63, 3.8) is 0 Å². The third-order valence-electron chi connectivity index (χ3n) is 8.67.